The van der Waals surface area contributed by atoms with E-state index in [0.29, 0.717) is 6.54 Å². The highest BCUT2D eigenvalue weighted by Crippen LogP contribution is 2.31. The summed E-state index contributed by atoms with van der Waals surface area (Å²) in [5.41, 5.74) is 6.52. The summed E-state index contributed by atoms with van der Waals surface area (Å²) in [5, 5.41) is 2.04. The van der Waals surface area contributed by atoms with Crippen molar-refractivity contribution in [1.82, 2.24) is 14.9 Å². The summed E-state index contributed by atoms with van der Waals surface area (Å²) in [5.74, 6) is 1.19. The fourth-order valence-electron chi connectivity index (χ4n) is 3.39. The zero-order valence-corrected chi connectivity index (χ0v) is 15.2. The average molecular weight is 347 g/mol. The Kier molecular flexibility index (Phi) is 5.01. The molecule has 24 heavy (non-hydrogen) atoms. The zero-order chi connectivity index (χ0) is 17.2. The molecule has 2 N–H and O–H groups in total. The summed E-state index contributed by atoms with van der Waals surface area (Å²) in [6, 6.07) is 2.02. The van der Waals surface area contributed by atoms with E-state index in [1.54, 1.807) is 17.7 Å². The van der Waals surface area contributed by atoms with Gasteiger partial charge >= 0.3 is 0 Å². The van der Waals surface area contributed by atoms with Crippen molar-refractivity contribution >= 4 is 33.3 Å². The Balaban J connectivity index is 1.72. The molecule has 0 aliphatic carbocycles. The molecule has 0 radical (unpaired) electrons. The molecular formula is C17H25N5OS. The highest BCUT2D eigenvalue weighted by Gasteiger charge is 2.38. The summed E-state index contributed by atoms with van der Waals surface area (Å²) in [6.45, 7) is 7.56. The quantitative estimate of drug-likeness (QED) is 0.896. The van der Waals surface area contributed by atoms with Gasteiger partial charge in [0.2, 0.25) is 5.91 Å². The van der Waals surface area contributed by atoms with Gasteiger partial charge in [0.05, 0.1) is 15.6 Å². The number of amides is 1. The van der Waals surface area contributed by atoms with Crippen LogP contribution >= 0.6 is 11.3 Å². The van der Waals surface area contributed by atoms with Crippen LogP contribution in [0.1, 0.15) is 26.7 Å². The molecule has 0 bridgehead atoms. The largest absolute Gasteiger partial charge is 0.352 e. The molecule has 0 spiro atoms. The van der Waals surface area contributed by atoms with Crippen LogP contribution in [0, 0.1) is 5.41 Å². The first-order valence-corrected chi connectivity index (χ1v) is 9.45. The summed E-state index contributed by atoms with van der Waals surface area (Å²) < 4.78 is 1.12. The van der Waals surface area contributed by atoms with E-state index in [4.69, 9.17) is 5.73 Å². The molecule has 1 aliphatic heterocycles. The third-order valence-electron chi connectivity index (χ3n) is 5.29. The van der Waals surface area contributed by atoms with Crippen LogP contribution in [0.15, 0.2) is 17.8 Å². The van der Waals surface area contributed by atoms with Crippen molar-refractivity contribution in [3.8, 4) is 0 Å². The number of piperazine rings is 1. The van der Waals surface area contributed by atoms with Crippen LogP contribution in [-0.4, -0.2) is 53.5 Å². The third kappa shape index (κ3) is 2.86. The summed E-state index contributed by atoms with van der Waals surface area (Å²) in [6.07, 6.45) is 3.21. The molecule has 7 heteroatoms. The van der Waals surface area contributed by atoms with Gasteiger partial charge in [0.25, 0.3) is 0 Å². The maximum atomic E-state index is 12.9. The zero-order valence-electron chi connectivity index (χ0n) is 14.4. The second kappa shape index (κ2) is 7.03. The minimum absolute atomic E-state index is 0.207. The van der Waals surface area contributed by atoms with Gasteiger partial charge in [-0.1, -0.05) is 13.8 Å². The van der Waals surface area contributed by atoms with Gasteiger partial charge in [0.1, 0.15) is 12.1 Å². The lowest BCUT2D eigenvalue weighted by atomic mass is 9.81. The van der Waals surface area contributed by atoms with Crippen molar-refractivity contribution in [3.63, 3.8) is 0 Å². The smallest absolute Gasteiger partial charge is 0.230 e. The number of rotatable bonds is 5. The Morgan fingerprint density at radius 1 is 1.25 bits per heavy atom. The Labute approximate surface area is 146 Å². The van der Waals surface area contributed by atoms with Gasteiger partial charge in [-0.2, -0.15) is 0 Å². The molecule has 3 rings (SSSR count). The molecule has 6 nitrogen and oxygen atoms in total. The molecule has 1 fully saturated rings. The van der Waals surface area contributed by atoms with E-state index in [-0.39, 0.29) is 5.91 Å². The molecule has 0 aromatic carbocycles. The first-order chi connectivity index (χ1) is 11.6. The average Bonchev–Trinajstić information content (AvgIpc) is 3.12. The van der Waals surface area contributed by atoms with Gasteiger partial charge in [-0.05, 0) is 24.3 Å². The Morgan fingerprint density at radius 3 is 2.58 bits per heavy atom. The molecule has 0 atom stereocenters. The molecular weight excluding hydrogens is 322 g/mol. The molecule has 2 aromatic heterocycles. The summed E-state index contributed by atoms with van der Waals surface area (Å²) >= 11 is 1.67. The van der Waals surface area contributed by atoms with E-state index < -0.39 is 5.41 Å². The van der Waals surface area contributed by atoms with Crippen LogP contribution in [0.25, 0.3) is 10.2 Å². The minimum atomic E-state index is -0.405. The monoisotopic (exact) mass is 347 g/mol. The third-order valence-corrected chi connectivity index (χ3v) is 6.19. The lowest BCUT2D eigenvalue weighted by molar-refractivity contribution is -0.142. The number of nitrogens with zero attached hydrogens (tertiary/aromatic N) is 4. The fraction of sp³-hybridized carbons (Fsp3) is 0.588. The van der Waals surface area contributed by atoms with Crippen LogP contribution in [0.2, 0.25) is 0 Å². The van der Waals surface area contributed by atoms with Crippen LogP contribution in [0.3, 0.4) is 0 Å². The van der Waals surface area contributed by atoms with E-state index in [1.807, 2.05) is 16.3 Å². The molecule has 130 valence electrons. The van der Waals surface area contributed by atoms with Gasteiger partial charge in [0, 0.05) is 32.7 Å². The van der Waals surface area contributed by atoms with Crippen molar-refractivity contribution in [3.05, 3.63) is 17.8 Å². The standard InChI is InChI=1S/C17H25N5OS/c1-3-17(4-2,11-18)16(23)22-8-6-21(7-9-22)15-14-13(5-10-24-14)19-12-20-15/h5,10,12H,3-4,6-9,11,18H2,1-2H3. The Hall–Kier alpha value is -1.73. The number of anilines is 1. The van der Waals surface area contributed by atoms with Gasteiger partial charge in [-0.25, -0.2) is 9.97 Å². The number of hydrogen-bond acceptors (Lipinski definition) is 6. The van der Waals surface area contributed by atoms with Gasteiger partial charge in [0.15, 0.2) is 0 Å². The maximum absolute atomic E-state index is 12.9. The van der Waals surface area contributed by atoms with Crippen LogP contribution in [0.5, 0.6) is 0 Å². The molecule has 2 aromatic rings. The van der Waals surface area contributed by atoms with E-state index in [0.717, 1.165) is 55.1 Å². The van der Waals surface area contributed by atoms with Crippen molar-refractivity contribution < 1.29 is 4.79 Å². The molecule has 1 aliphatic rings. The molecule has 1 amide bonds. The first-order valence-electron chi connectivity index (χ1n) is 8.57. The van der Waals surface area contributed by atoms with Crippen LogP contribution in [-0.2, 0) is 4.79 Å². The second-order valence-corrected chi connectivity index (χ2v) is 7.22. The number of hydrogen-bond donors (Lipinski definition) is 1. The topological polar surface area (TPSA) is 75.4 Å². The van der Waals surface area contributed by atoms with E-state index in [9.17, 15) is 4.79 Å². The Morgan fingerprint density at radius 2 is 1.96 bits per heavy atom. The predicted octanol–water partition coefficient (Wildman–Crippen LogP) is 2.10. The highest BCUT2D eigenvalue weighted by atomic mass is 32.1. The van der Waals surface area contributed by atoms with Gasteiger partial charge in [-0.3, -0.25) is 4.79 Å². The predicted molar refractivity (Wildman–Crippen MR) is 98.3 cm³/mol. The van der Waals surface area contributed by atoms with Crippen LogP contribution in [0.4, 0.5) is 5.82 Å². The second-order valence-electron chi connectivity index (χ2n) is 6.30. The number of aromatic nitrogens is 2. The van der Waals surface area contributed by atoms with Crippen molar-refractivity contribution in [1.29, 1.82) is 0 Å². The number of carbonyl (C=O) groups excluding carboxylic acids is 1. The van der Waals surface area contributed by atoms with Gasteiger partial charge < -0.3 is 15.5 Å². The molecule has 3 heterocycles. The maximum Gasteiger partial charge on any atom is 0.230 e. The fourth-order valence-corrected chi connectivity index (χ4v) is 4.25. The van der Waals surface area contributed by atoms with E-state index >= 15 is 0 Å². The lowest BCUT2D eigenvalue weighted by Crippen LogP contribution is -2.55. The molecule has 1 saturated heterocycles. The number of nitrogens with two attached hydrogens (primary N) is 1. The van der Waals surface area contributed by atoms with Crippen molar-refractivity contribution in [2.45, 2.75) is 26.7 Å². The van der Waals surface area contributed by atoms with E-state index in [1.165, 1.54) is 0 Å². The SMILES string of the molecule is CCC(CC)(CN)C(=O)N1CCN(c2ncnc3ccsc23)CC1. The van der Waals surface area contributed by atoms with Crippen molar-refractivity contribution in [2.24, 2.45) is 11.1 Å². The van der Waals surface area contributed by atoms with Crippen molar-refractivity contribution in [2.75, 3.05) is 37.6 Å². The minimum Gasteiger partial charge on any atom is -0.352 e. The first kappa shape index (κ1) is 17.1. The van der Waals surface area contributed by atoms with Gasteiger partial charge in [-0.15, -0.1) is 11.3 Å². The highest BCUT2D eigenvalue weighted by molar-refractivity contribution is 7.17. The number of fused-ring (bicyclic) bond motifs is 1. The normalized spacial score (nSPS) is 16.0. The number of carbonyl (C=O) groups is 1. The molecule has 0 saturated carbocycles. The van der Waals surface area contributed by atoms with E-state index in [2.05, 4.69) is 28.7 Å². The summed E-state index contributed by atoms with van der Waals surface area (Å²) in [4.78, 5) is 25.9. The molecule has 0 unspecified atom stereocenters. The Bertz CT molecular complexity index is 696. The summed E-state index contributed by atoms with van der Waals surface area (Å²) in [7, 11) is 0. The van der Waals surface area contributed by atoms with Crippen LogP contribution < -0.4 is 10.6 Å². The lowest BCUT2D eigenvalue weighted by Gasteiger charge is -2.40. The number of thiophene rings is 1.